The summed E-state index contributed by atoms with van der Waals surface area (Å²) < 4.78 is 2.17. The van der Waals surface area contributed by atoms with Crippen molar-refractivity contribution in [1.29, 1.82) is 0 Å². The van der Waals surface area contributed by atoms with Crippen LogP contribution in [-0.2, 0) is 24.8 Å². The number of piperazine rings is 1. The van der Waals surface area contributed by atoms with Crippen molar-refractivity contribution in [3.63, 3.8) is 0 Å². The molecule has 3 aromatic rings. The molecule has 2 heterocycles. The molecule has 0 unspecified atom stereocenters. The number of nitrogens with zero attached hydrogens (tertiary/aromatic N) is 4. The first kappa shape index (κ1) is 17.7. The summed E-state index contributed by atoms with van der Waals surface area (Å²) in [6, 6.07) is 16.5. The summed E-state index contributed by atoms with van der Waals surface area (Å²) >= 11 is 0. The van der Waals surface area contributed by atoms with E-state index in [0.717, 1.165) is 49.6 Å². The summed E-state index contributed by atoms with van der Waals surface area (Å²) in [5, 5.41) is 0. The Balaban J connectivity index is 1.34. The van der Waals surface area contributed by atoms with Gasteiger partial charge in [-0.15, -0.1) is 0 Å². The van der Waals surface area contributed by atoms with E-state index >= 15 is 0 Å². The molecule has 0 radical (unpaired) electrons. The number of carbonyl (C=O) groups excluding carboxylic acids is 1. The summed E-state index contributed by atoms with van der Waals surface area (Å²) in [5.41, 5.74) is 4.51. The lowest BCUT2D eigenvalue weighted by atomic mass is 10.1. The number of aromatic nitrogens is 2. The number of fused-ring (bicyclic) bond motifs is 1. The Morgan fingerprint density at radius 2 is 1.81 bits per heavy atom. The Labute approximate surface area is 160 Å². The number of hydrogen-bond acceptors (Lipinski definition) is 3. The Morgan fingerprint density at radius 3 is 2.56 bits per heavy atom. The van der Waals surface area contributed by atoms with E-state index in [-0.39, 0.29) is 5.91 Å². The lowest BCUT2D eigenvalue weighted by molar-refractivity contribution is -0.132. The van der Waals surface area contributed by atoms with E-state index < -0.39 is 0 Å². The van der Waals surface area contributed by atoms with Crippen molar-refractivity contribution in [3.05, 3.63) is 65.5 Å². The normalized spacial score (nSPS) is 15.4. The average molecular weight is 362 g/mol. The molecule has 0 spiro atoms. The predicted octanol–water partition coefficient (Wildman–Crippen LogP) is 2.77. The van der Waals surface area contributed by atoms with Gasteiger partial charge in [0.05, 0.1) is 24.0 Å². The minimum atomic E-state index is 0.225. The van der Waals surface area contributed by atoms with Crippen LogP contribution in [0, 0.1) is 6.92 Å². The van der Waals surface area contributed by atoms with Crippen LogP contribution >= 0.6 is 0 Å². The first-order valence-corrected chi connectivity index (χ1v) is 9.56. The zero-order valence-electron chi connectivity index (χ0n) is 16.1. The third kappa shape index (κ3) is 3.88. The zero-order chi connectivity index (χ0) is 18.8. The SMILES string of the molecule is Cc1cccc(CC(=O)N2CCN(Cc3nc4ccccc4n3C)CC2)c1. The highest BCUT2D eigenvalue weighted by molar-refractivity contribution is 5.79. The molecule has 1 fully saturated rings. The third-order valence-electron chi connectivity index (χ3n) is 5.41. The molecule has 1 aromatic heterocycles. The average Bonchev–Trinajstić information content (AvgIpc) is 2.98. The largest absolute Gasteiger partial charge is 0.340 e. The predicted molar refractivity (Wildman–Crippen MR) is 107 cm³/mol. The number of imidazole rings is 1. The lowest BCUT2D eigenvalue weighted by Crippen LogP contribution is -2.48. The van der Waals surface area contributed by atoms with Gasteiger partial charge < -0.3 is 9.47 Å². The minimum Gasteiger partial charge on any atom is -0.340 e. The molecule has 0 saturated carbocycles. The van der Waals surface area contributed by atoms with Gasteiger partial charge >= 0.3 is 0 Å². The molecule has 5 nitrogen and oxygen atoms in total. The van der Waals surface area contributed by atoms with Gasteiger partial charge in [-0.2, -0.15) is 0 Å². The van der Waals surface area contributed by atoms with Gasteiger partial charge in [-0.05, 0) is 24.6 Å². The van der Waals surface area contributed by atoms with Crippen molar-refractivity contribution in [1.82, 2.24) is 19.4 Å². The smallest absolute Gasteiger partial charge is 0.227 e. The van der Waals surface area contributed by atoms with Crippen LogP contribution in [0.15, 0.2) is 48.5 Å². The van der Waals surface area contributed by atoms with Gasteiger partial charge in [-0.1, -0.05) is 42.0 Å². The summed E-state index contributed by atoms with van der Waals surface area (Å²) in [6.07, 6.45) is 0.492. The van der Waals surface area contributed by atoms with Gasteiger partial charge in [0, 0.05) is 33.2 Å². The number of hydrogen-bond donors (Lipinski definition) is 0. The molecule has 1 amide bonds. The molecule has 1 aliphatic rings. The van der Waals surface area contributed by atoms with Crippen LogP contribution in [0.1, 0.15) is 17.0 Å². The van der Waals surface area contributed by atoms with Crippen molar-refractivity contribution in [2.75, 3.05) is 26.2 Å². The van der Waals surface area contributed by atoms with Crippen molar-refractivity contribution in [2.45, 2.75) is 19.9 Å². The van der Waals surface area contributed by atoms with Gasteiger partial charge in [0.1, 0.15) is 5.82 Å². The van der Waals surface area contributed by atoms with Crippen molar-refractivity contribution < 1.29 is 4.79 Å². The maximum atomic E-state index is 12.6. The Hall–Kier alpha value is -2.66. The second-order valence-corrected chi connectivity index (χ2v) is 7.40. The number of amides is 1. The molecule has 4 rings (SSSR count). The maximum absolute atomic E-state index is 12.6. The van der Waals surface area contributed by atoms with Crippen LogP contribution in [0.3, 0.4) is 0 Å². The van der Waals surface area contributed by atoms with E-state index in [1.807, 2.05) is 29.2 Å². The zero-order valence-corrected chi connectivity index (χ0v) is 16.1. The molecule has 0 N–H and O–H groups in total. The number of rotatable bonds is 4. The fourth-order valence-electron chi connectivity index (χ4n) is 3.80. The summed E-state index contributed by atoms with van der Waals surface area (Å²) in [5.74, 6) is 1.30. The molecule has 0 bridgehead atoms. The highest BCUT2D eigenvalue weighted by Crippen LogP contribution is 2.16. The second kappa shape index (κ2) is 7.53. The quantitative estimate of drug-likeness (QED) is 0.717. The van der Waals surface area contributed by atoms with Crippen molar-refractivity contribution in [2.24, 2.45) is 7.05 Å². The number of aryl methyl sites for hydroxylation is 2. The molecule has 27 heavy (non-hydrogen) atoms. The van der Waals surface area contributed by atoms with Crippen LogP contribution in [0.25, 0.3) is 11.0 Å². The summed E-state index contributed by atoms with van der Waals surface area (Å²) in [4.78, 5) is 21.8. The first-order valence-electron chi connectivity index (χ1n) is 9.56. The van der Waals surface area contributed by atoms with E-state index in [1.165, 1.54) is 11.1 Å². The molecule has 140 valence electrons. The number of benzene rings is 2. The fraction of sp³-hybridized carbons (Fsp3) is 0.364. The van der Waals surface area contributed by atoms with Crippen LogP contribution < -0.4 is 0 Å². The van der Waals surface area contributed by atoms with E-state index in [2.05, 4.69) is 47.7 Å². The van der Waals surface area contributed by atoms with Crippen LogP contribution in [0.4, 0.5) is 0 Å². The van der Waals surface area contributed by atoms with E-state index in [9.17, 15) is 4.79 Å². The maximum Gasteiger partial charge on any atom is 0.227 e. The Bertz CT molecular complexity index is 954. The molecule has 1 saturated heterocycles. The van der Waals surface area contributed by atoms with E-state index in [0.29, 0.717) is 6.42 Å². The van der Waals surface area contributed by atoms with Gasteiger partial charge in [0.2, 0.25) is 5.91 Å². The highest BCUT2D eigenvalue weighted by atomic mass is 16.2. The first-order chi connectivity index (χ1) is 13.1. The van der Waals surface area contributed by atoms with Gasteiger partial charge in [0.15, 0.2) is 0 Å². The molecule has 0 atom stereocenters. The Kier molecular flexibility index (Phi) is 4.94. The molecule has 1 aliphatic heterocycles. The van der Waals surface area contributed by atoms with Crippen LogP contribution in [-0.4, -0.2) is 51.4 Å². The summed E-state index contributed by atoms with van der Waals surface area (Å²) in [7, 11) is 2.08. The molecular formula is C22H26N4O. The highest BCUT2D eigenvalue weighted by Gasteiger charge is 2.22. The monoisotopic (exact) mass is 362 g/mol. The van der Waals surface area contributed by atoms with Crippen LogP contribution in [0.5, 0.6) is 0 Å². The molecule has 0 aliphatic carbocycles. The van der Waals surface area contributed by atoms with Crippen molar-refractivity contribution >= 4 is 16.9 Å². The van der Waals surface area contributed by atoms with Gasteiger partial charge in [-0.25, -0.2) is 4.98 Å². The fourth-order valence-corrected chi connectivity index (χ4v) is 3.80. The standard InChI is InChI=1S/C22H26N4O/c1-17-6-5-7-18(14-17)15-22(27)26-12-10-25(11-13-26)16-21-23-19-8-3-4-9-20(19)24(21)2/h3-9,14H,10-13,15-16H2,1-2H3. The van der Waals surface area contributed by atoms with Crippen LogP contribution in [0.2, 0.25) is 0 Å². The molecule has 5 heteroatoms. The lowest BCUT2D eigenvalue weighted by Gasteiger charge is -2.34. The molecule has 2 aromatic carbocycles. The second-order valence-electron chi connectivity index (χ2n) is 7.40. The topological polar surface area (TPSA) is 41.4 Å². The molecular weight excluding hydrogens is 336 g/mol. The van der Waals surface area contributed by atoms with Gasteiger partial charge in [-0.3, -0.25) is 9.69 Å². The van der Waals surface area contributed by atoms with Crippen molar-refractivity contribution in [3.8, 4) is 0 Å². The minimum absolute atomic E-state index is 0.225. The number of para-hydroxylation sites is 2. The Morgan fingerprint density at radius 1 is 1.04 bits per heavy atom. The summed E-state index contributed by atoms with van der Waals surface area (Å²) in [6.45, 7) is 6.24. The third-order valence-corrected chi connectivity index (χ3v) is 5.41. The van der Waals surface area contributed by atoms with E-state index in [1.54, 1.807) is 0 Å². The van der Waals surface area contributed by atoms with Gasteiger partial charge in [0.25, 0.3) is 0 Å². The number of carbonyl (C=O) groups is 1. The van der Waals surface area contributed by atoms with E-state index in [4.69, 9.17) is 4.98 Å².